The molecule has 0 aliphatic heterocycles. The zero-order valence-corrected chi connectivity index (χ0v) is 9.08. The van der Waals surface area contributed by atoms with Gasteiger partial charge in [0, 0.05) is 19.5 Å². The Morgan fingerprint density at radius 1 is 1.57 bits per heavy atom. The van der Waals surface area contributed by atoms with Crippen LogP contribution >= 0.6 is 0 Å². The molecule has 0 aliphatic carbocycles. The van der Waals surface area contributed by atoms with E-state index in [1.165, 1.54) is 0 Å². The first-order valence-corrected chi connectivity index (χ1v) is 4.76. The molecule has 0 aromatic heterocycles. The van der Waals surface area contributed by atoms with E-state index in [1.54, 1.807) is 13.8 Å². The molecular weight excluding hydrogens is 180 g/mol. The van der Waals surface area contributed by atoms with Gasteiger partial charge in [-0.1, -0.05) is 6.92 Å². The van der Waals surface area contributed by atoms with Gasteiger partial charge >= 0.3 is 5.97 Å². The Kier molecular flexibility index (Phi) is 5.18. The number of hydrogen-bond acceptors (Lipinski definition) is 3. The summed E-state index contributed by atoms with van der Waals surface area (Å²) in [4.78, 5) is 12.8. The van der Waals surface area contributed by atoms with E-state index >= 15 is 0 Å². The van der Waals surface area contributed by atoms with Crippen LogP contribution in [0.25, 0.3) is 0 Å². The summed E-state index contributed by atoms with van der Waals surface area (Å²) in [5.74, 6) is -0.798. The summed E-state index contributed by atoms with van der Waals surface area (Å²) in [6.07, 6.45) is 0.448. The van der Waals surface area contributed by atoms with Crippen LogP contribution in [0.2, 0.25) is 0 Å². The van der Waals surface area contributed by atoms with Gasteiger partial charge in [-0.25, -0.2) is 0 Å². The van der Waals surface area contributed by atoms with Gasteiger partial charge < -0.3 is 10.0 Å². The van der Waals surface area contributed by atoms with E-state index in [0.717, 1.165) is 6.54 Å². The quantitative estimate of drug-likeness (QED) is 0.699. The Balaban J connectivity index is 4.17. The normalized spacial score (nSPS) is 11.4. The van der Waals surface area contributed by atoms with E-state index in [9.17, 15) is 4.79 Å². The third kappa shape index (κ3) is 4.24. The molecule has 80 valence electrons. The van der Waals surface area contributed by atoms with E-state index in [4.69, 9.17) is 10.4 Å². The van der Waals surface area contributed by atoms with E-state index < -0.39 is 11.4 Å². The van der Waals surface area contributed by atoms with Crippen molar-refractivity contribution >= 4 is 5.97 Å². The maximum absolute atomic E-state index is 10.9. The van der Waals surface area contributed by atoms with Crippen molar-refractivity contribution in [1.29, 1.82) is 5.26 Å². The monoisotopic (exact) mass is 198 g/mol. The molecule has 0 rings (SSSR count). The van der Waals surface area contributed by atoms with Crippen molar-refractivity contribution in [1.82, 2.24) is 4.90 Å². The molecule has 0 aromatic carbocycles. The van der Waals surface area contributed by atoms with Crippen LogP contribution in [0.15, 0.2) is 0 Å². The minimum absolute atomic E-state index is 0.448. The SMILES string of the molecule is CCN(CCC#N)CC(C)(C)C(=O)O. The first-order chi connectivity index (χ1) is 6.44. The molecule has 0 aromatic rings. The number of nitrogens with zero attached hydrogens (tertiary/aromatic N) is 2. The van der Waals surface area contributed by atoms with Gasteiger partial charge in [0.2, 0.25) is 0 Å². The number of hydrogen-bond donors (Lipinski definition) is 1. The van der Waals surface area contributed by atoms with Crippen LogP contribution in [0.5, 0.6) is 0 Å². The molecule has 0 amide bonds. The van der Waals surface area contributed by atoms with Crippen molar-refractivity contribution in [2.24, 2.45) is 5.41 Å². The number of carbonyl (C=O) groups is 1. The zero-order valence-electron chi connectivity index (χ0n) is 9.08. The molecule has 14 heavy (non-hydrogen) atoms. The molecule has 0 heterocycles. The minimum Gasteiger partial charge on any atom is -0.481 e. The van der Waals surface area contributed by atoms with Gasteiger partial charge in [0.25, 0.3) is 0 Å². The lowest BCUT2D eigenvalue weighted by atomic mass is 9.93. The number of aliphatic carboxylic acids is 1. The Morgan fingerprint density at radius 2 is 2.14 bits per heavy atom. The Morgan fingerprint density at radius 3 is 2.50 bits per heavy atom. The zero-order chi connectivity index (χ0) is 11.2. The first kappa shape index (κ1) is 12.9. The van der Waals surface area contributed by atoms with Crippen molar-refractivity contribution in [2.45, 2.75) is 27.2 Å². The Hall–Kier alpha value is -1.08. The Bertz CT molecular complexity index is 231. The maximum atomic E-state index is 10.9. The van der Waals surface area contributed by atoms with Gasteiger partial charge in [-0.05, 0) is 20.4 Å². The van der Waals surface area contributed by atoms with Crippen molar-refractivity contribution in [3.63, 3.8) is 0 Å². The van der Waals surface area contributed by atoms with E-state index in [2.05, 4.69) is 6.07 Å². The summed E-state index contributed by atoms with van der Waals surface area (Å²) in [5, 5.41) is 17.3. The summed E-state index contributed by atoms with van der Waals surface area (Å²) < 4.78 is 0. The highest BCUT2D eigenvalue weighted by molar-refractivity contribution is 5.73. The van der Waals surface area contributed by atoms with Crippen LogP contribution in [0, 0.1) is 16.7 Å². The van der Waals surface area contributed by atoms with Gasteiger partial charge in [-0.3, -0.25) is 4.79 Å². The molecule has 0 atom stereocenters. The van der Waals surface area contributed by atoms with Gasteiger partial charge in [0.05, 0.1) is 11.5 Å². The molecule has 4 heteroatoms. The number of rotatable bonds is 6. The van der Waals surface area contributed by atoms with E-state index in [0.29, 0.717) is 19.5 Å². The highest BCUT2D eigenvalue weighted by Gasteiger charge is 2.28. The fourth-order valence-corrected chi connectivity index (χ4v) is 1.18. The van der Waals surface area contributed by atoms with Gasteiger partial charge in [-0.2, -0.15) is 5.26 Å². The third-order valence-electron chi connectivity index (χ3n) is 2.18. The predicted molar refractivity (Wildman–Crippen MR) is 53.8 cm³/mol. The Labute approximate surface area is 85.1 Å². The average molecular weight is 198 g/mol. The van der Waals surface area contributed by atoms with Crippen LogP contribution in [-0.4, -0.2) is 35.6 Å². The summed E-state index contributed by atoms with van der Waals surface area (Å²) >= 11 is 0. The first-order valence-electron chi connectivity index (χ1n) is 4.76. The standard InChI is InChI=1S/C10H18N2O2/c1-4-12(7-5-6-11)8-10(2,3)9(13)14/h4-5,7-8H2,1-3H3,(H,13,14). The molecule has 0 aliphatic rings. The second-order valence-electron chi connectivity index (χ2n) is 3.97. The minimum atomic E-state index is -0.798. The van der Waals surface area contributed by atoms with Crippen molar-refractivity contribution in [2.75, 3.05) is 19.6 Å². The molecular formula is C10H18N2O2. The van der Waals surface area contributed by atoms with Crippen LogP contribution in [0.1, 0.15) is 27.2 Å². The molecule has 0 fully saturated rings. The molecule has 0 unspecified atom stereocenters. The lowest BCUT2D eigenvalue weighted by Gasteiger charge is -2.27. The summed E-state index contributed by atoms with van der Waals surface area (Å²) in [7, 11) is 0. The smallest absolute Gasteiger partial charge is 0.310 e. The van der Waals surface area contributed by atoms with Crippen molar-refractivity contribution in [3.05, 3.63) is 0 Å². The maximum Gasteiger partial charge on any atom is 0.310 e. The lowest BCUT2D eigenvalue weighted by molar-refractivity contribution is -0.147. The summed E-state index contributed by atoms with van der Waals surface area (Å²) in [5.41, 5.74) is -0.745. The lowest BCUT2D eigenvalue weighted by Crippen LogP contribution is -2.39. The van der Waals surface area contributed by atoms with E-state index in [1.807, 2.05) is 11.8 Å². The van der Waals surface area contributed by atoms with Crippen LogP contribution < -0.4 is 0 Å². The number of carboxylic acid groups (broad SMARTS) is 1. The van der Waals surface area contributed by atoms with Crippen LogP contribution in [0.3, 0.4) is 0 Å². The molecule has 0 bridgehead atoms. The van der Waals surface area contributed by atoms with Crippen LogP contribution in [0.4, 0.5) is 0 Å². The topological polar surface area (TPSA) is 64.3 Å². The number of carboxylic acids is 1. The predicted octanol–water partition coefficient (Wildman–Crippen LogP) is 1.33. The fraction of sp³-hybridized carbons (Fsp3) is 0.800. The van der Waals surface area contributed by atoms with E-state index in [-0.39, 0.29) is 0 Å². The summed E-state index contributed by atoms with van der Waals surface area (Å²) in [6, 6.07) is 2.06. The molecule has 0 spiro atoms. The highest BCUT2D eigenvalue weighted by atomic mass is 16.4. The number of nitriles is 1. The molecule has 0 radical (unpaired) electrons. The molecule has 0 saturated carbocycles. The van der Waals surface area contributed by atoms with Gasteiger partial charge in [-0.15, -0.1) is 0 Å². The second kappa shape index (κ2) is 5.61. The van der Waals surface area contributed by atoms with Crippen LogP contribution in [-0.2, 0) is 4.79 Å². The largest absolute Gasteiger partial charge is 0.481 e. The molecule has 1 N–H and O–H groups in total. The summed E-state index contributed by atoms with van der Waals surface area (Å²) in [6.45, 7) is 7.27. The fourth-order valence-electron chi connectivity index (χ4n) is 1.18. The third-order valence-corrected chi connectivity index (χ3v) is 2.18. The molecule has 4 nitrogen and oxygen atoms in total. The van der Waals surface area contributed by atoms with Crippen molar-refractivity contribution < 1.29 is 9.90 Å². The van der Waals surface area contributed by atoms with Gasteiger partial charge in [0.1, 0.15) is 0 Å². The van der Waals surface area contributed by atoms with Gasteiger partial charge in [0.15, 0.2) is 0 Å². The highest BCUT2D eigenvalue weighted by Crippen LogP contribution is 2.17. The molecule has 0 saturated heterocycles. The second-order valence-corrected chi connectivity index (χ2v) is 3.97. The average Bonchev–Trinajstić information content (AvgIpc) is 2.11. The van der Waals surface area contributed by atoms with Crippen molar-refractivity contribution in [3.8, 4) is 6.07 Å².